The minimum atomic E-state index is -0.239. The summed E-state index contributed by atoms with van der Waals surface area (Å²) in [7, 11) is 0. The van der Waals surface area contributed by atoms with E-state index in [1.807, 2.05) is 6.07 Å². The molecule has 118 valence electrons. The molecule has 0 atom stereocenters. The molecule has 1 heterocycles. The second-order valence-electron chi connectivity index (χ2n) is 6.98. The Labute approximate surface area is 131 Å². The molecule has 3 nitrogen and oxygen atoms in total. The summed E-state index contributed by atoms with van der Waals surface area (Å²) in [6, 6.07) is 6.50. The zero-order valence-electron chi connectivity index (χ0n) is 13.8. The van der Waals surface area contributed by atoms with Crippen LogP contribution in [0.4, 0.5) is 0 Å². The fourth-order valence-corrected chi connectivity index (χ4v) is 3.47. The monoisotopic (exact) mass is 300 g/mol. The van der Waals surface area contributed by atoms with Crippen molar-refractivity contribution in [3.63, 3.8) is 0 Å². The van der Waals surface area contributed by atoms with Crippen LogP contribution in [0.25, 0.3) is 11.0 Å². The molecule has 0 unspecified atom stereocenters. The SMILES string of the molecule is Cc1cc2oc(=O)cc(C[NH2+]C3CCC(C)CC3)c2cc1C. The van der Waals surface area contributed by atoms with E-state index in [1.54, 1.807) is 6.07 Å². The summed E-state index contributed by atoms with van der Waals surface area (Å²) < 4.78 is 5.37. The van der Waals surface area contributed by atoms with Crippen LogP contribution in [0, 0.1) is 19.8 Å². The van der Waals surface area contributed by atoms with Crippen molar-refractivity contribution in [2.45, 2.75) is 59.0 Å². The molecular formula is C19H26NO2+. The molecule has 3 heteroatoms. The maximum absolute atomic E-state index is 11.8. The second-order valence-corrected chi connectivity index (χ2v) is 6.98. The van der Waals surface area contributed by atoms with Crippen molar-refractivity contribution in [1.29, 1.82) is 0 Å². The van der Waals surface area contributed by atoms with Gasteiger partial charge in [0.1, 0.15) is 12.1 Å². The van der Waals surface area contributed by atoms with Gasteiger partial charge in [-0.1, -0.05) is 6.92 Å². The van der Waals surface area contributed by atoms with Crippen LogP contribution in [-0.4, -0.2) is 6.04 Å². The van der Waals surface area contributed by atoms with Gasteiger partial charge >= 0.3 is 5.63 Å². The van der Waals surface area contributed by atoms with E-state index in [1.165, 1.54) is 31.2 Å². The summed E-state index contributed by atoms with van der Waals surface area (Å²) in [6.07, 6.45) is 5.24. The third-order valence-corrected chi connectivity index (χ3v) is 5.18. The van der Waals surface area contributed by atoms with Crippen molar-refractivity contribution in [2.75, 3.05) is 0 Å². The summed E-state index contributed by atoms with van der Waals surface area (Å²) in [4.78, 5) is 11.8. The number of hydrogen-bond acceptors (Lipinski definition) is 2. The van der Waals surface area contributed by atoms with E-state index in [4.69, 9.17) is 4.42 Å². The number of hydrogen-bond donors (Lipinski definition) is 1. The first-order valence-corrected chi connectivity index (χ1v) is 8.40. The fourth-order valence-electron chi connectivity index (χ4n) is 3.47. The Morgan fingerprint density at radius 2 is 1.77 bits per heavy atom. The normalized spacial score (nSPS) is 22.1. The molecule has 0 amide bonds. The molecule has 3 rings (SSSR count). The molecule has 2 N–H and O–H groups in total. The molecule has 1 aliphatic rings. The Hall–Kier alpha value is -1.61. The highest BCUT2D eigenvalue weighted by atomic mass is 16.4. The summed E-state index contributed by atoms with van der Waals surface area (Å²) in [5.74, 6) is 0.875. The van der Waals surface area contributed by atoms with Crippen LogP contribution in [0.2, 0.25) is 0 Å². The van der Waals surface area contributed by atoms with Gasteiger partial charge in [0.2, 0.25) is 0 Å². The Bertz CT molecular complexity index is 724. The number of nitrogens with two attached hydrogens (primary N) is 1. The number of rotatable bonds is 3. The van der Waals surface area contributed by atoms with Gasteiger partial charge in [-0.2, -0.15) is 0 Å². The Morgan fingerprint density at radius 1 is 1.09 bits per heavy atom. The zero-order chi connectivity index (χ0) is 15.7. The first-order chi connectivity index (χ1) is 10.5. The Morgan fingerprint density at radius 3 is 2.50 bits per heavy atom. The summed E-state index contributed by atoms with van der Waals surface area (Å²) in [6.45, 7) is 7.37. The van der Waals surface area contributed by atoms with E-state index in [9.17, 15) is 4.79 Å². The fraction of sp³-hybridized carbons (Fsp3) is 0.526. The highest BCUT2D eigenvalue weighted by Crippen LogP contribution is 2.23. The molecule has 1 aromatic carbocycles. The number of benzene rings is 1. The number of aryl methyl sites for hydroxylation is 2. The molecule has 22 heavy (non-hydrogen) atoms. The van der Waals surface area contributed by atoms with Gasteiger partial charge in [0.15, 0.2) is 0 Å². The second kappa shape index (κ2) is 6.25. The molecule has 0 bridgehead atoms. The summed E-state index contributed by atoms with van der Waals surface area (Å²) in [5, 5.41) is 3.50. The highest BCUT2D eigenvalue weighted by molar-refractivity contribution is 5.81. The Balaban J connectivity index is 1.83. The van der Waals surface area contributed by atoms with Crippen molar-refractivity contribution in [3.05, 3.63) is 45.3 Å². The topological polar surface area (TPSA) is 46.8 Å². The van der Waals surface area contributed by atoms with Crippen molar-refractivity contribution < 1.29 is 9.73 Å². The predicted octanol–water partition coefficient (Wildman–Crippen LogP) is 3.05. The molecule has 1 aliphatic carbocycles. The van der Waals surface area contributed by atoms with Crippen molar-refractivity contribution >= 4 is 11.0 Å². The Kier molecular flexibility index (Phi) is 4.34. The summed E-state index contributed by atoms with van der Waals surface area (Å²) >= 11 is 0. The number of quaternary nitrogens is 1. The third-order valence-electron chi connectivity index (χ3n) is 5.18. The van der Waals surface area contributed by atoms with Crippen LogP contribution >= 0.6 is 0 Å². The van der Waals surface area contributed by atoms with Crippen molar-refractivity contribution in [3.8, 4) is 0 Å². The van der Waals surface area contributed by atoms with Crippen LogP contribution in [-0.2, 0) is 6.54 Å². The lowest BCUT2D eigenvalue weighted by atomic mass is 9.87. The quantitative estimate of drug-likeness (QED) is 0.886. The van der Waals surface area contributed by atoms with Crippen LogP contribution in [0.1, 0.15) is 49.3 Å². The van der Waals surface area contributed by atoms with E-state index in [2.05, 4.69) is 32.2 Å². The first-order valence-electron chi connectivity index (χ1n) is 8.40. The third kappa shape index (κ3) is 3.25. The molecule has 1 fully saturated rings. The molecule has 0 radical (unpaired) electrons. The van der Waals surface area contributed by atoms with Gasteiger partial charge in [-0.25, -0.2) is 4.79 Å². The van der Waals surface area contributed by atoms with Crippen LogP contribution in [0.5, 0.6) is 0 Å². The molecule has 2 aromatic rings. The van der Waals surface area contributed by atoms with Gasteiger partial charge in [-0.05, 0) is 68.7 Å². The van der Waals surface area contributed by atoms with E-state index in [0.29, 0.717) is 6.04 Å². The van der Waals surface area contributed by atoms with Crippen molar-refractivity contribution in [2.24, 2.45) is 5.92 Å². The van der Waals surface area contributed by atoms with Crippen LogP contribution < -0.4 is 10.9 Å². The van der Waals surface area contributed by atoms with Gasteiger partial charge < -0.3 is 9.73 Å². The lowest BCUT2D eigenvalue weighted by Crippen LogP contribution is -2.88. The maximum atomic E-state index is 11.8. The molecule has 1 saturated carbocycles. The van der Waals surface area contributed by atoms with E-state index < -0.39 is 0 Å². The van der Waals surface area contributed by atoms with E-state index >= 15 is 0 Å². The first kappa shape index (κ1) is 15.3. The molecule has 0 spiro atoms. The molecule has 1 aromatic heterocycles. The molecule has 0 aliphatic heterocycles. The van der Waals surface area contributed by atoms with Gasteiger partial charge in [0.05, 0.1) is 6.04 Å². The highest BCUT2D eigenvalue weighted by Gasteiger charge is 2.21. The van der Waals surface area contributed by atoms with Crippen molar-refractivity contribution in [1.82, 2.24) is 0 Å². The maximum Gasteiger partial charge on any atom is 0.336 e. The van der Waals surface area contributed by atoms with Crippen LogP contribution in [0.3, 0.4) is 0 Å². The zero-order valence-corrected chi connectivity index (χ0v) is 13.8. The van der Waals surface area contributed by atoms with E-state index in [-0.39, 0.29) is 5.63 Å². The average Bonchev–Trinajstić information content (AvgIpc) is 2.48. The van der Waals surface area contributed by atoms with Crippen LogP contribution in [0.15, 0.2) is 27.4 Å². The molecular weight excluding hydrogens is 274 g/mol. The standard InChI is InChI=1S/C19H25NO2/c1-12-4-6-16(7-5-12)20-11-15-10-19(21)22-18-9-14(3)13(2)8-17(15)18/h8-10,12,16,20H,4-7,11H2,1-3H3/p+1. The minimum Gasteiger partial charge on any atom is -0.423 e. The van der Waals surface area contributed by atoms with Gasteiger partial charge in [-0.15, -0.1) is 0 Å². The smallest absolute Gasteiger partial charge is 0.336 e. The van der Waals surface area contributed by atoms with E-state index in [0.717, 1.165) is 34.6 Å². The average molecular weight is 300 g/mol. The lowest BCUT2D eigenvalue weighted by molar-refractivity contribution is -0.707. The molecule has 0 saturated heterocycles. The largest absolute Gasteiger partial charge is 0.423 e. The summed E-state index contributed by atoms with van der Waals surface area (Å²) in [5.41, 5.74) is 3.99. The number of fused-ring (bicyclic) bond motifs is 1. The predicted molar refractivity (Wildman–Crippen MR) is 89.0 cm³/mol. The van der Waals surface area contributed by atoms with Gasteiger partial charge in [0.25, 0.3) is 0 Å². The lowest BCUT2D eigenvalue weighted by Gasteiger charge is -2.24. The van der Waals surface area contributed by atoms with Gasteiger partial charge in [-0.3, -0.25) is 0 Å². The minimum absolute atomic E-state index is 0.239. The van der Waals surface area contributed by atoms with Gasteiger partial charge in [0, 0.05) is 17.0 Å².